The van der Waals surface area contributed by atoms with Crippen LogP contribution in [0, 0.1) is 5.92 Å². The average Bonchev–Trinajstić information content (AvgIpc) is 2.73. The smallest absolute Gasteiger partial charge is 0.332 e. The largest absolute Gasteiger partial charge is 0.464 e. The minimum Gasteiger partial charge on any atom is -0.464 e. The number of hydrogen-bond donors (Lipinski definition) is 1. The van der Waals surface area contributed by atoms with Gasteiger partial charge in [-0.2, -0.15) is 0 Å². The predicted molar refractivity (Wildman–Crippen MR) is 67.1 cm³/mol. The summed E-state index contributed by atoms with van der Waals surface area (Å²) < 4.78 is 5.01. The van der Waals surface area contributed by atoms with Crippen LogP contribution in [0.5, 0.6) is 0 Å². The molecule has 0 aliphatic carbocycles. The summed E-state index contributed by atoms with van der Waals surface area (Å²) in [6, 6.07) is 8.89. The van der Waals surface area contributed by atoms with E-state index in [0.717, 1.165) is 0 Å². The second kappa shape index (κ2) is 4.80. The highest BCUT2D eigenvalue weighted by atomic mass is 16.5. The third kappa shape index (κ3) is 2.10. The van der Waals surface area contributed by atoms with E-state index in [2.05, 4.69) is 5.32 Å². The van der Waals surface area contributed by atoms with E-state index in [9.17, 15) is 9.59 Å². The van der Waals surface area contributed by atoms with Crippen LogP contribution in [-0.2, 0) is 9.53 Å². The molecule has 1 aliphatic rings. The molecule has 1 saturated heterocycles. The monoisotopic (exact) mass is 247 g/mol. The first-order valence-corrected chi connectivity index (χ1v) is 6.11. The van der Waals surface area contributed by atoms with Crippen LogP contribution in [0.15, 0.2) is 30.3 Å². The van der Waals surface area contributed by atoms with Gasteiger partial charge in [-0.25, -0.2) is 4.79 Å². The maximum Gasteiger partial charge on any atom is 0.332 e. The number of nitrogens with one attached hydrogen (secondary N) is 1. The second-order valence-electron chi connectivity index (χ2n) is 4.83. The molecule has 0 bridgehead atoms. The van der Waals surface area contributed by atoms with Crippen LogP contribution in [0.4, 0.5) is 0 Å². The summed E-state index contributed by atoms with van der Waals surface area (Å²) in [5.41, 5.74) is -0.329. The zero-order valence-corrected chi connectivity index (χ0v) is 10.6. The van der Waals surface area contributed by atoms with Gasteiger partial charge in [0.2, 0.25) is 0 Å². The topological polar surface area (TPSA) is 55.4 Å². The Morgan fingerprint density at radius 3 is 2.50 bits per heavy atom. The number of carbonyl (C=O) groups excluding carboxylic acids is 2. The Labute approximate surface area is 106 Å². The van der Waals surface area contributed by atoms with Gasteiger partial charge < -0.3 is 10.1 Å². The van der Waals surface area contributed by atoms with Crippen molar-refractivity contribution in [3.8, 4) is 0 Å². The molecule has 0 aromatic heterocycles. The highest BCUT2D eigenvalue weighted by molar-refractivity contribution is 5.98. The van der Waals surface area contributed by atoms with Crippen molar-refractivity contribution in [1.29, 1.82) is 0 Å². The molecule has 0 saturated carbocycles. The molecule has 4 heteroatoms. The lowest BCUT2D eigenvalue weighted by Crippen LogP contribution is -2.55. The minimum atomic E-state index is -0.882. The van der Waals surface area contributed by atoms with Gasteiger partial charge in [-0.1, -0.05) is 32.0 Å². The van der Waals surface area contributed by atoms with Gasteiger partial charge in [0.25, 0.3) is 5.91 Å². The zero-order chi connectivity index (χ0) is 13.2. The molecule has 1 aromatic carbocycles. The minimum absolute atomic E-state index is 0.000150. The maximum absolute atomic E-state index is 12.1. The van der Waals surface area contributed by atoms with Crippen LogP contribution in [0.25, 0.3) is 0 Å². The molecule has 96 valence electrons. The van der Waals surface area contributed by atoms with Crippen molar-refractivity contribution >= 4 is 11.9 Å². The lowest BCUT2D eigenvalue weighted by atomic mass is 9.84. The summed E-state index contributed by atoms with van der Waals surface area (Å²) >= 11 is 0. The summed E-state index contributed by atoms with van der Waals surface area (Å²) in [6.45, 7) is 4.20. The molecule has 0 radical (unpaired) electrons. The molecule has 1 aromatic rings. The summed E-state index contributed by atoms with van der Waals surface area (Å²) in [5.74, 6) is -0.565. The van der Waals surface area contributed by atoms with Crippen molar-refractivity contribution in [1.82, 2.24) is 5.32 Å². The first-order chi connectivity index (χ1) is 8.56. The first kappa shape index (κ1) is 12.6. The third-order valence-corrected chi connectivity index (χ3v) is 3.45. The number of rotatable bonds is 3. The van der Waals surface area contributed by atoms with Gasteiger partial charge in [0.05, 0.1) is 6.61 Å². The zero-order valence-electron chi connectivity index (χ0n) is 10.6. The highest BCUT2D eigenvalue weighted by Gasteiger charge is 2.48. The molecule has 1 atom stereocenters. The van der Waals surface area contributed by atoms with E-state index < -0.39 is 5.54 Å². The molecule has 1 heterocycles. The van der Waals surface area contributed by atoms with E-state index >= 15 is 0 Å². The van der Waals surface area contributed by atoms with Gasteiger partial charge in [0.1, 0.15) is 5.54 Å². The van der Waals surface area contributed by atoms with Gasteiger partial charge in [-0.3, -0.25) is 4.79 Å². The fourth-order valence-corrected chi connectivity index (χ4v) is 2.18. The molecule has 0 spiro atoms. The van der Waals surface area contributed by atoms with Crippen LogP contribution in [-0.4, -0.2) is 24.0 Å². The van der Waals surface area contributed by atoms with Crippen LogP contribution in [0.1, 0.15) is 30.6 Å². The number of cyclic esters (lactones) is 1. The van der Waals surface area contributed by atoms with Crippen molar-refractivity contribution in [2.75, 3.05) is 6.61 Å². The maximum atomic E-state index is 12.1. The lowest BCUT2D eigenvalue weighted by molar-refractivity contribution is -0.144. The van der Waals surface area contributed by atoms with E-state index in [1.165, 1.54) is 0 Å². The van der Waals surface area contributed by atoms with E-state index in [0.29, 0.717) is 18.6 Å². The number of ether oxygens (including phenoxy) is 1. The number of hydrogen-bond acceptors (Lipinski definition) is 3. The van der Waals surface area contributed by atoms with Gasteiger partial charge in [-0.15, -0.1) is 0 Å². The van der Waals surface area contributed by atoms with Gasteiger partial charge >= 0.3 is 5.97 Å². The normalized spacial score (nSPS) is 22.9. The van der Waals surface area contributed by atoms with Crippen molar-refractivity contribution < 1.29 is 14.3 Å². The van der Waals surface area contributed by atoms with E-state index in [1.807, 2.05) is 19.9 Å². The van der Waals surface area contributed by atoms with Crippen molar-refractivity contribution in [3.63, 3.8) is 0 Å². The summed E-state index contributed by atoms with van der Waals surface area (Å²) in [6.07, 6.45) is 0.530. The van der Waals surface area contributed by atoms with E-state index in [4.69, 9.17) is 4.74 Å². The Morgan fingerprint density at radius 2 is 2.00 bits per heavy atom. The summed E-state index contributed by atoms with van der Waals surface area (Å²) in [7, 11) is 0. The lowest BCUT2D eigenvalue weighted by Gasteiger charge is -2.30. The number of esters is 1. The molecular weight excluding hydrogens is 230 g/mol. The average molecular weight is 247 g/mol. The molecule has 0 unspecified atom stereocenters. The Kier molecular flexibility index (Phi) is 3.36. The number of benzene rings is 1. The Bertz CT molecular complexity index is 455. The van der Waals surface area contributed by atoms with Gasteiger partial charge in [0, 0.05) is 12.0 Å². The molecule has 4 nitrogen and oxygen atoms in total. The number of carbonyl (C=O) groups is 2. The van der Waals surface area contributed by atoms with Crippen LogP contribution in [0.2, 0.25) is 0 Å². The predicted octanol–water partition coefficient (Wildman–Crippen LogP) is 1.76. The van der Waals surface area contributed by atoms with Gasteiger partial charge in [0.15, 0.2) is 0 Å². The molecule has 18 heavy (non-hydrogen) atoms. The summed E-state index contributed by atoms with van der Waals surface area (Å²) in [5, 5.41) is 2.84. The van der Waals surface area contributed by atoms with E-state index in [-0.39, 0.29) is 17.8 Å². The molecule has 2 rings (SSSR count). The molecule has 1 aliphatic heterocycles. The third-order valence-electron chi connectivity index (χ3n) is 3.45. The fourth-order valence-electron chi connectivity index (χ4n) is 2.18. The van der Waals surface area contributed by atoms with E-state index in [1.54, 1.807) is 24.3 Å². The molecular formula is C14H17NO3. The highest BCUT2D eigenvalue weighted by Crippen LogP contribution is 2.28. The molecule has 1 N–H and O–H groups in total. The summed E-state index contributed by atoms with van der Waals surface area (Å²) in [4.78, 5) is 24.0. The van der Waals surface area contributed by atoms with Crippen LogP contribution >= 0.6 is 0 Å². The van der Waals surface area contributed by atoms with Crippen molar-refractivity contribution in [2.24, 2.45) is 5.92 Å². The van der Waals surface area contributed by atoms with Gasteiger partial charge in [-0.05, 0) is 18.1 Å². The fraction of sp³-hybridized carbons (Fsp3) is 0.429. The Balaban J connectivity index is 2.21. The Morgan fingerprint density at radius 1 is 1.33 bits per heavy atom. The quantitative estimate of drug-likeness (QED) is 0.828. The number of amides is 1. The standard InChI is InChI=1S/C14H17NO3/c1-10(2)14(8-9-18-13(14)17)15-12(16)11-6-4-3-5-7-11/h3-7,10H,8-9H2,1-2H3,(H,15,16)/t14-/m0/s1. The molecule has 1 amide bonds. The molecule has 1 fully saturated rings. The Hall–Kier alpha value is -1.84. The van der Waals surface area contributed by atoms with Crippen LogP contribution < -0.4 is 5.32 Å². The van der Waals surface area contributed by atoms with Crippen molar-refractivity contribution in [3.05, 3.63) is 35.9 Å². The van der Waals surface area contributed by atoms with Crippen LogP contribution in [0.3, 0.4) is 0 Å². The SMILES string of the molecule is CC(C)[C@@]1(NC(=O)c2ccccc2)CCOC1=O. The second-order valence-corrected chi connectivity index (χ2v) is 4.83. The first-order valence-electron chi connectivity index (χ1n) is 6.11. The van der Waals surface area contributed by atoms with Crippen molar-refractivity contribution in [2.45, 2.75) is 25.8 Å².